The van der Waals surface area contributed by atoms with E-state index in [1.165, 1.54) is 29.7 Å². The molecule has 2 aromatic carbocycles. The molecule has 1 aliphatic carbocycles. The highest BCUT2D eigenvalue weighted by Crippen LogP contribution is 2.30. The number of anilines is 1. The molecule has 1 fully saturated rings. The summed E-state index contributed by atoms with van der Waals surface area (Å²) in [6.45, 7) is 3.99. The van der Waals surface area contributed by atoms with Crippen LogP contribution >= 0.6 is 0 Å². The molecular weight excluding hydrogens is 319 g/mol. The fraction of sp³-hybridized carbons (Fsp3) is 0.455. The van der Waals surface area contributed by atoms with E-state index in [4.69, 9.17) is 0 Å². The molecular formula is C22H29BN2O. The van der Waals surface area contributed by atoms with Gasteiger partial charge in [0, 0.05) is 24.3 Å². The van der Waals surface area contributed by atoms with Crippen LogP contribution in [0.2, 0.25) is 6.82 Å². The van der Waals surface area contributed by atoms with Gasteiger partial charge in [0.05, 0.1) is 0 Å². The molecule has 1 aliphatic heterocycles. The predicted octanol–water partition coefficient (Wildman–Crippen LogP) is 3.63. The maximum absolute atomic E-state index is 10.0. The van der Waals surface area contributed by atoms with Crippen molar-refractivity contribution in [3.8, 4) is 0 Å². The lowest BCUT2D eigenvalue weighted by Gasteiger charge is -2.34. The number of nitrogens with zero attached hydrogens (tertiary/aromatic N) is 2. The lowest BCUT2D eigenvalue weighted by atomic mass is 9.83. The molecule has 1 N–H and O–H groups in total. The first-order valence-electron chi connectivity index (χ1n) is 10.0. The van der Waals surface area contributed by atoms with Gasteiger partial charge in [0.2, 0.25) is 0 Å². The second-order valence-electron chi connectivity index (χ2n) is 7.81. The molecule has 0 spiro atoms. The van der Waals surface area contributed by atoms with Crippen LogP contribution in [0.25, 0.3) is 0 Å². The first-order valence-corrected chi connectivity index (χ1v) is 10.0. The molecule has 1 unspecified atom stereocenters. The smallest absolute Gasteiger partial charge is 0.376 e. The van der Waals surface area contributed by atoms with Gasteiger partial charge in [-0.15, -0.1) is 0 Å². The van der Waals surface area contributed by atoms with E-state index in [-0.39, 0.29) is 7.05 Å². The molecule has 1 saturated heterocycles. The van der Waals surface area contributed by atoms with Gasteiger partial charge in [0.1, 0.15) is 0 Å². The molecule has 4 rings (SSSR count). The van der Waals surface area contributed by atoms with Crippen molar-refractivity contribution in [3.63, 3.8) is 0 Å². The third kappa shape index (κ3) is 3.67. The Bertz CT molecular complexity index is 696. The highest BCUT2D eigenvalue weighted by molar-refractivity contribution is 6.45. The molecule has 4 heteroatoms. The summed E-state index contributed by atoms with van der Waals surface area (Å²) in [5.41, 5.74) is 4.33. The molecule has 2 aliphatic rings. The summed E-state index contributed by atoms with van der Waals surface area (Å²) in [6, 6.07) is 20.8. The van der Waals surface area contributed by atoms with Crippen LogP contribution in [0.3, 0.4) is 0 Å². The highest BCUT2D eigenvalue weighted by atomic mass is 16.2. The van der Waals surface area contributed by atoms with Crippen molar-refractivity contribution < 1.29 is 5.02 Å². The Balaban J connectivity index is 1.50. The molecule has 0 radical (unpaired) electrons. The zero-order valence-corrected chi connectivity index (χ0v) is 15.7. The van der Waals surface area contributed by atoms with Crippen molar-refractivity contribution in [1.82, 2.24) is 4.81 Å². The molecule has 2 aromatic rings. The van der Waals surface area contributed by atoms with Gasteiger partial charge in [-0.3, -0.25) is 0 Å². The van der Waals surface area contributed by atoms with E-state index in [9.17, 15) is 5.02 Å². The molecule has 0 saturated carbocycles. The van der Waals surface area contributed by atoms with E-state index < -0.39 is 0 Å². The van der Waals surface area contributed by atoms with Gasteiger partial charge in [-0.1, -0.05) is 42.5 Å². The van der Waals surface area contributed by atoms with Crippen molar-refractivity contribution in [2.45, 2.75) is 51.0 Å². The van der Waals surface area contributed by atoms with Crippen molar-refractivity contribution in [3.05, 3.63) is 65.7 Å². The van der Waals surface area contributed by atoms with Crippen LogP contribution in [0.4, 0.5) is 5.69 Å². The van der Waals surface area contributed by atoms with E-state index in [2.05, 4.69) is 64.3 Å². The van der Waals surface area contributed by atoms with E-state index in [0.29, 0.717) is 12.1 Å². The molecule has 0 amide bonds. The van der Waals surface area contributed by atoms with Gasteiger partial charge >= 0.3 is 7.05 Å². The molecule has 0 aromatic heterocycles. The Labute approximate surface area is 157 Å². The molecule has 136 valence electrons. The second-order valence-corrected chi connectivity index (χ2v) is 7.81. The minimum atomic E-state index is -0.330. The van der Waals surface area contributed by atoms with Crippen molar-refractivity contribution >= 4 is 12.7 Å². The highest BCUT2D eigenvalue weighted by Gasteiger charge is 2.32. The van der Waals surface area contributed by atoms with Crippen molar-refractivity contribution in [2.24, 2.45) is 0 Å². The average molecular weight is 348 g/mol. The largest absolute Gasteiger partial charge is 0.437 e. The van der Waals surface area contributed by atoms with Gasteiger partial charge in [0.15, 0.2) is 0 Å². The third-order valence-electron chi connectivity index (χ3n) is 6.16. The predicted molar refractivity (Wildman–Crippen MR) is 110 cm³/mol. The topological polar surface area (TPSA) is 26.7 Å². The Morgan fingerprint density at radius 1 is 1.04 bits per heavy atom. The summed E-state index contributed by atoms with van der Waals surface area (Å²) in [5.74, 6) is 0. The number of hydrogen-bond donors (Lipinski definition) is 1. The van der Waals surface area contributed by atoms with Gasteiger partial charge in [-0.2, -0.15) is 0 Å². The monoisotopic (exact) mass is 348 g/mol. The van der Waals surface area contributed by atoms with Crippen LogP contribution in [0.5, 0.6) is 0 Å². The Morgan fingerprint density at radius 3 is 2.35 bits per heavy atom. The van der Waals surface area contributed by atoms with Crippen LogP contribution in [0.1, 0.15) is 30.4 Å². The number of benzene rings is 2. The van der Waals surface area contributed by atoms with Gasteiger partial charge < -0.3 is 14.7 Å². The SMILES string of the molecule is CB(O)N1CCCC1CCN(c1ccccc1)C1Cc2ccccc2C1. The molecule has 1 heterocycles. The van der Waals surface area contributed by atoms with Gasteiger partial charge in [0.25, 0.3) is 0 Å². The minimum Gasteiger partial charge on any atom is -0.437 e. The van der Waals surface area contributed by atoms with E-state index >= 15 is 0 Å². The summed E-state index contributed by atoms with van der Waals surface area (Å²) in [4.78, 5) is 4.88. The van der Waals surface area contributed by atoms with Crippen LogP contribution < -0.4 is 4.90 Å². The maximum Gasteiger partial charge on any atom is 0.376 e. The quantitative estimate of drug-likeness (QED) is 0.808. The molecule has 1 atom stereocenters. The van der Waals surface area contributed by atoms with Crippen LogP contribution in [0, 0.1) is 0 Å². The van der Waals surface area contributed by atoms with E-state index in [1.54, 1.807) is 0 Å². The summed E-state index contributed by atoms with van der Waals surface area (Å²) in [5, 5.41) is 10.0. The Morgan fingerprint density at radius 2 is 1.69 bits per heavy atom. The Kier molecular flexibility index (Phi) is 5.32. The molecule has 3 nitrogen and oxygen atoms in total. The van der Waals surface area contributed by atoms with Crippen LogP contribution in [-0.2, 0) is 12.8 Å². The number of fused-ring (bicyclic) bond motifs is 1. The maximum atomic E-state index is 10.0. The standard InChI is InChI=1S/C22H29BN2O/c1-23(26)25-14-7-12-21(25)13-15-24(20-10-3-2-4-11-20)22-16-18-8-5-6-9-19(18)17-22/h2-6,8-11,21-22,26H,7,12-17H2,1H3. The zero-order valence-electron chi connectivity index (χ0n) is 15.7. The zero-order chi connectivity index (χ0) is 17.9. The number of hydrogen-bond acceptors (Lipinski definition) is 3. The van der Waals surface area contributed by atoms with Gasteiger partial charge in [-0.05, 0) is 68.7 Å². The average Bonchev–Trinajstić information content (AvgIpc) is 3.29. The lowest BCUT2D eigenvalue weighted by molar-refractivity contribution is 0.330. The summed E-state index contributed by atoms with van der Waals surface area (Å²) >= 11 is 0. The Hall–Kier alpha value is -1.78. The van der Waals surface area contributed by atoms with Crippen LogP contribution in [0.15, 0.2) is 54.6 Å². The lowest BCUT2D eigenvalue weighted by Crippen LogP contribution is -2.44. The fourth-order valence-electron chi connectivity index (χ4n) is 4.85. The number of para-hydroxylation sites is 1. The third-order valence-corrected chi connectivity index (χ3v) is 6.16. The second kappa shape index (κ2) is 7.85. The van der Waals surface area contributed by atoms with E-state index in [0.717, 1.165) is 32.4 Å². The molecule has 26 heavy (non-hydrogen) atoms. The summed E-state index contributed by atoms with van der Waals surface area (Å²) in [6.07, 6.45) is 5.80. The number of rotatable bonds is 6. The van der Waals surface area contributed by atoms with Crippen LogP contribution in [-0.4, -0.2) is 42.1 Å². The van der Waals surface area contributed by atoms with E-state index in [1.807, 2.05) is 6.82 Å². The normalized spacial score (nSPS) is 20.3. The molecule has 0 bridgehead atoms. The van der Waals surface area contributed by atoms with Crippen molar-refractivity contribution in [1.29, 1.82) is 0 Å². The minimum absolute atomic E-state index is 0.330. The van der Waals surface area contributed by atoms with Gasteiger partial charge in [-0.25, -0.2) is 0 Å². The first kappa shape index (κ1) is 17.6. The first-order chi connectivity index (χ1) is 12.7. The summed E-state index contributed by atoms with van der Waals surface area (Å²) in [7, 11) is -0.330. The summed E-state index contributed by atoms with van der Waals surface area (Å²) < 4.78 is 0. The van der Waals surface area contributed by atoms with Crippen molar-refractivity contribution in [2.75, 3.05) is 18.0 Å². The fourth-order valence-corrected chi connectivity index (χ4v) is 4.85.